The van der Waals surface area contributed by atoms with E-state index in [0.717, 1.165) is 12.2 Å². The second-order valence-corrected chi connectivity index (χ2v) is 6.22. The molecule has 2 heterocycles. The molecule has 1 aromatic carbocycles. The lowest BCUT2D eigenvalue weighted by Gasteiger charge is -2.23. The molecule has 19 heavy (non-hydrogen) atoms. The molecule has 0 saturated carbocycles. The molecule has 0 amide bonds. The Bertz CT molecular complexity index is 634. The second-order valence-electron chi connectivity index (χ2n) is 5.82. The predicted octanol–water partition coefficient (Wildman–Crippen LogP) is 4.47. The van der Waals surface area contributed by atoms with Gasteiger partial charge in [0.25, 0.3) is 0 Å². The number of aromatic nitrogens is 1. The lowest BCUT2D eigenvalue weighted by Crippen LogP contribution is -2.25. The highest BCUT2D eigenvalue weighted by atomic mass is 35.5. The molecule has 98 valence electrons. The van der Waals surface area contributed by atoms with Crippen molar-refractivity contribution < 1.29 is 0 Å². The summed E-state index contributed by atoms with van der Waals surface area (Å²) in [5.74, 6) is 0. The van der Waals surface area contributed by atoms with Gasteiger partial charge in [0.2, 0.25) is 0 Å². The summed E-state index contributed by atoms with van der Waals surface area (Å²) in [6.07, 6.45) is 3.50. The van der Waals surface area contributed by atoms with Crippen molar-refractivity contribution in [1.82, 2.24) is 4.98 Å². The topological polar surface area (TPSA) is 16.1 Å². The first kappa shape index (κ1) is 12.5. The van der Waals surface area contributed by atoms with E-state index in [4.69, 9.17) is 11.6 Å². The van der Waals surface area contributed by atoms with Gasteiger partial charge in [-0.1, -0.05) is 37.6 Å². The van der Waals surface area contributed by atoms with E-state index < -0.39 is 0 Å². The maximum Gasteiger partial charge on any atom is 0.0826 e. The van der Waals surface area contributed by atoms with Gasteiger partial charge in [-0.25, -0.2) is 0 Å². The summed E-state index contributed by atoms with van der Waals surface area (Å²) in [5.41, 5.74) is 5.08. The van der Waals surface area contributed by atoms with Crippen LogP contribution in [0.2, 0.25) is 5.02 Å². The Morgan fingerprint density at radius 3 is 2.74 bits per heavy atom. The number of benzene rings is 1. The van der Waals surface area contributed by atoms with Crippen molar-refractivity contribution in [3.05, 3.63) is 52.8 Å². The Kier molecular flexibility index (Phi) is 2.79. The van der Waals surface area contributed by atoms with Gasteiger partial charge in [0, 0.05) is 30.0 Å². The summed E-state index contributed by atoms with van der Waals surface area (Å²) in [6.45, 7) is 7.61. The zero-order valence-electron chi connectivity index (χ0n) is 11.4. The second kappa shape index (κ2) is 4.24. The van der Waals surface area contributed by atoms with E-state index in [0.29, 0.717) is 5.02 Å². The molecule has 0 atom stereocenters. The molecule has 1 aliphatic rings. The summed E-state index contributed by atoms with van der Waals surface area (Å²) >= 11 is 6.30. The molecule has 1 aromatic heterocycles. The van der Waals surface area contributed by atoms with Crippen LogP contribution in [0.25, 0.3) is 0 Å². The minimum atomic E-state index is 0.135. The van der Waals surface area contributed by atoms with Crippen molar-refractivity contribution in [2.24, 2.45) is 0 Å². The molecule has 1 aliphatic heterocycles. The zero-order chi connectivity index (χ0) is 13.6. The van der Waals surface area contributed by atoms with Crippen LogP contribution >= 0.6 is 11.6 Å². The van der Waals surface area contributed by atoms with Crippen LogP contribution in [-0.4, -0.2) is 11.5 Å². The number of halogens is 1. The van der Waals surface area contributed by atoms with Crippen molar-refractivity contribution in [1.29, 1.82) is 0 Å². The lowest BCUT2D eigenvalue weighted by atomic mass is 9.87. The largest absolute Gasteiger partial charge is 0.339 e. The molecule has 3 heteroatoms. The fourth-order valence-electron chi connectivity index (χ4n) is 2.80. The molecule has 0 fully saturated rings. The predicted molar refractivity (Wildman–Crippen MR) is 80.5 cm³/mol. The van der Waals surface area contributed by atoms with E-state index in [1.807, 2.05) is 6.07 Å². The van der Waals surface area contributed by atoms with Crippen LogP contribution in [0.1, 0.15) is 25.0 Å². The van der Waals surface area contributed by atoms with Crippen molar-refractivity contribution in [3.63, 3.8) is 0 Å². The molecular weight excluding hydrogens is 256 g/mol. The Labute approximate surface area is 119 Å². The summed E-state index contributed by atoms with van der Waals surface area (Å²) in [4.78, 5) is 6.37. The Morgan fingerprint density at radius 1 is 1.21 bits per heavy atom. The van der Waals surface area contributed by atoms with Crippen LogP contribution in [0.5, 0.6) is 0 Å². The van der Waals surface area contributed by atoms with Crippen molar-refractivity contribution in [2.75, 3.05) is 11.4 Å². The normalized spacial score (nSPS) is 16.5. The van der Waals surface area contributed by atoms with E-state index in [2.05, 4.69) is 48.9 Å². The molecule has 0 N–H and O–H groups in total. The SMILES string of the molecule is Cc1ccc2c(c1)N(c1ccncc1Cl)CC2(C)C. The van der Waals surface area contributed by atoms with Gasteiger partial charge in [-0.15, -0.1) is 0 Å². The average molecular weight is 273 g/mol. The van der Waals surface area contributed by atoms with Crippen LogP contribution in [0.3, 0.4) is 0 Å². The number of anilines is 2. The Balaban J connectivity index is 2.17. The third-order valence-electron chi connectivity index (χ3n) is 3.77. The maximum atomic E-state index is 6.30. The quantitative estimate of drug-likeness (QED) is 0.761. The lowest BCUT2D eigenvalue weighted by molar-refractivity contribution is 0.569. The molecule has 0 bridgehead atoms. The highest BCUT2D eigenvalue weighted by Crippen LogP contribution is 2.45. The first-order valence-electron chi connectivity index (χ1n) is 6.47. The molecule has 2 nitrogen and oxygen atoms in total. The van der Waals surface area contributed by atoms with Gasteiger partial charge < -0.3 is 4.90 Å². The number of rotatable bonds is 1. The fourth-order valence-corrected chi connectivity index (χ4v) is 3.03. The fraction of sp³-hybridized carbons (Fsp3) is 0.312. The highest BCUT2D eigenvalue weighted by molar-refractivity contribution is 6.33. The highest BCUT2D eigenvalue weighted by Gasteiger charge is 2.36. The number of fused-ring (bicyclic) bond motifs is 1. The molecular formula is C16H17ClN2. The van der Waals surface area contributed by atoms with E-state index in [9.17, 15) is 0 Å². The van der Waals surface area contributed by atoms with Crippen molar-refractivity contribution in [2.45, 2.75) is 26.2 Å². The van der Waals surface area contributed by atoms with Gasteiger partial charge in [0.15, 0.2) is 0 Å². The number of hydrogen-bond acceptors (Lipinski definition) is 2. The maximum absolute atomic E-state index is 6.30. The summed E-state index contributed by atoms with van der Waals surface area (Å²) in [5, 5.41) is 0.702. The van der Waals surface area contributed by atoms with Gasteiger partial charge in [-0.05, 0) is 30.2 Å². The first-order valence-corrected chi connectivity index (χ1v) is 6.85. The van der Waals surface area contributed by atoms with Crippen molar-refractivity contribution in [3.8, 4) is 0 Å². The van der Waals surface area contributed by atoms with Crippen LogP contribution in [0.15, 0.2) is 36.7 Å². The van der Waals surface area contributed by atoms with Crippen LogP contribution in [0.4, 0.5) is 11.4 Å². The minimum absolute atomic E-state index is 0.135. The molecule has 0 unspecified atom stereocenters. The van der Waals surface area contributed by atoms with Crippen LogP contribution in [-0.2, 0) is 5.41 Å². The monoisotopic (exact) mass is 272 g/mol. The standard InChI is InChI=1S/C16H17ClN2/c1-11-4-5-12-15(8-11)19(10-16(12,2)3)14-6-7-18-9-13(14)17/h4-9H,10H2,1-3H3. The molecule has 2 aromatic rings. The van der Waals surface area contributed by atoms with Gasteiger partial charge in [-0.3, -0.25) is 4.98 Å². The number of nitrogens with zero attached hydrogens (tertiary/aromatic N) is 2. The average Bonchev–Trinajstić information content (AvgIpc) is 2.61. The number of hydrogen-bond donors (Lipinski definition) is 0. The van der Waals surface area contributed by atoms with Crippen LogP contribution in [0, 0.1) is 6.92 Å². The summed E-state index contributed by atoms with van der Waals surface area (Å²) in [6, 6.07) is 8.63. The van der Waals surface area contributed by atoms with E-state index in [-0.39, 0.29) is 5.41 Å². The van der Waals surface area contributed by atoms with E-state index in [1.54, 1.807) is 12.4 Å². The Morgan fingerprint density at radius 2 is 2.00 bits per heavy atom. The van der Waals surface area contributed by atoms with Gasteiger partial charge in [0.05, 0.1) is 10.7 Å². The molecule has 0 saturated heterocycles. The third kappa shape index (κ3) is 2.00. The van der Waals surface area contributed by atoms with Gasteiger partial charge in [-0.2, -0.15) is 0 Å². The van der Waals surface area contributed by atoms with Crippen LogP contribution < -0.4 is 4.90 Å². The van der Waals surface area contributed by atoms with E-state index >= 15 is 0 Å². The van der Waals surface area contributed by atoms with E-state index in [1.165, 1.54) is 16.8 Å². The summed E-state index contributed by atoms with van der Waals surface area (Å²) < 4.78 is 0. The number of aryl methyl sites for hydroxylation is 1. The van der Waals surface area contributed by atoms with Gasteiger partial charge in [0.1, 0.15) is 0 Å². The van der Waals surface area contributed by atoms with Gasteiger partial charge >= 0.3 is 0 Å². The molecule has 3 rings (SSSR count). The van der Waals surface area contributed by atoms with Crippen molar-refractivity contribution >= 4 is 23.0 Å². The number of pyridine rings is 1. The first-order chi connectivity index (χ1) is 8.99. The Hall–Kier alpha value is -1.54. The smallest absolute Gasteiger partial charge is 0.0826 e. The molecule has 0 spiro atoms. The zero-order valence-corrected chi connectivity index (χ0v) is 12.2. The molecule has 0 aliphatic carbocycles. The molecule has 0 radical (unpaired) electrons. The third-order valence-corrected chi connectivity index (χ3v) is 4.06. The summed E-state index contributed by atoms with van der Waals surface area (Å²) in [7, 11) is 0. The minimum Gasteiger partial charge on any atom is -0.339 e.